The van der Waals surface area contributed by atoms with Gasteiger partial charge >= 0.3 is 0 Å². The lowest BCUT2D eigenvalue weighted by Gasteiger charge is -2.33. The molecule has 2 heterocycles. The number of hydrogen-bond donors (Lipinski definition) is 2. The molecule has 1 aromatic rings. The van der Waals surface area contributed by atoms with Gasteiger partial charge in [0.25, 0.3) is 5.91 Å². The third-order valence-electron chi connectivity index (χ3n) is 5.48. The molecule has 3 rings (SSSR count). The monoisotopic (exact) mass is 409 g/mol. The minimum absolute atomic E-state index is 0. The van der Waals surface area contributed by atoms with Gasteiger partial charge in [-0.05, 0) is 69.7 Å². The van der Waals surface area contributed by atoms with Crippen LogP contribution in [0.15, 0.2) is 18.2 Å². The van der Waals surface area contributed by atoms with Crippen LogP contribution < -0.4 is 15.4 Å². The van der Waals surface area contributed by atoms with Crippen LogP contribution in [-0.4, -0.2) is 55.5 Å². The van der Waals surface area contributed by atoms with Crippen molar-refractivity contribution in [3.8, 4) is 5.75 Å². The third-order valence-corrected chi connectivity index (χ3v) is 5.48. The number of aryl methyl sites for hydroxylation is 1. The van der Waals surface area contributed by atoms with Crippen LogP contribution in [0.5, 0.6) is 5.75 Å². The van der Waals surface area contributed by atoms with E-state index in [1.165, 1.54) is 0 Å². The lowest BCUT2D eigenvalue weighted by molar-refractivity contribution is -0.123. The van der Waals surface area contributed by atoms with E-state index in [2.05, 4.69) is 10.6 Å². The van der Waals surface area contributed by atoms with Gasteiger partial charge in [-0.1, -0.05) is 6.07 Å². The van der Waals surface area contributed by atoms with E-state index in [9.17, 15) is 9.59 Å². The summed E-state index contributed by atoms with van der Waals surface area (Å²) in [7, 11) is 0. The van der Waals surface area contributed by atoms with E-state index in [4.69, 9.17) is 4.74 Å². The number of rotatable bonds is 6. The van der Waals surface area contributed by atoms with Crippen molar-refractivity contribution in [3.63, 3.8) is 0 Å². The number of piperidine rings is 1. The number of benzene rings is 1. The first-order chi connectivity index (χ1) is 13.1. The standard InChI is InChI=1S/C21H31N3O3.ClH/c1-3-27-19-12-17(9-8-15(19)2)21(26)24-11-5-6-16(14-24)13-23-20(25)18-7-4-10-22-18;/h8-9,12,16,18,22H,3-7,10-11,13-14H2,1-2H3,(H,23,25);1H. The summed E-state index contributed by atoms with van der Waals surface area (Å²) >= 11 is 0. The predicted molar refractivity (Wildman–Crippen MR) is 112 cm³/mol. The van der Waals surface area contributed by atoms with Gasteiger partial charge in [-0.25, -0.2) is 0 Å². The van der Waals surface area contributed by atoms with Crippen LogP contribution in [-0.2, 0) is 4.79 Å². The molecule has 2 unspecified atom stereocenters. The highest BCUT2D eigenvalue weighted by Crippen LogP contribution is 2.23. The molecule has 6 nitrogen and oxygen atoms in total. The maximum atomic E-state index is 12.9. The van der Waals surface area contributed by atoms with Gasteiger partial charge < -0.3 is 20.3 Å². The quantitative estimate of drug-likeness (QED) is 0.757. The molecular weight excluding hydrogens is 378 g/mol. The zero-order valence-electron chi connectivity index (χ0n) is 16.8. The topological polar surface area (TPSA) is 70.7 Å². The first-order valence-corrected chi connectivity index (χ1v) is 10.1. The van der Waals surface area contributed by atoms with Crippen LogP contribution in [0.3, 0.4) is 0 Å². The molecule has 2 aliphatic heterocycles. The zero-order valence-corrected chi connectivity index (χ0v) is 17.6. The van der Waals surface area contributed by atoms with Crippen molar-refractivity contribution in [2.24, 2.45) is 5.92 Å². The molecule has 2 amide bonds. The van der Waals surface area contributed by atoms with E-state index in [1.54, 1.807) is 0 Å². The Balaban J connectivity index is 0.00000280. The summed E-state index contributed by atoms with van der Waals surface area (Å²) in [5.41, 5.74) is 1.71. The fourth-order valence-electron chi connectivity index (χ4n) is 3.92. The van der Waals surface area contributed by atoms with E-state index in [0.717, 1.165) is 50.1 Å². The van der Waals surface area contributed by atoms with E-state index < -0.39 is 0 Å². The molecule has 0 saturated carbocycles. The van der Waals surface area contributed by atoms with Gasteiger partial charge in [-0.15, -0.1) is 12.4 Å². The van der Waals surface area contributed by atoms with Crippen LogP contribution in [0.25, 0.3) is 0 Å². The number of likely N-dealkylation sites (tertiary alicyclic amines) is 1. The summed E-state index contributed by atoms with van der Waals surface area (Å²) in [4.78, 5) is 27.0. The molecule has 2 N–H and O–H groups in total. The Hall–Kier alpha value is -1.79. The smallest absolute Gasteiger partial charge is 0.253 e. The molecule has 28 heavy (non-hydrogen) atoms. The van der Waals surface area contributed by atoms with E-state index in [1.807, 2.05) is 36.9 Å². The van der Waals surface area contributed by atoms with Gasteiger partial charge in [0.15, 0.2) is 0 Å². The molecule has 156 valence electrons. The highest BCUT2D eigenvalue weighted by Gasteiger charge is 2.27. The molecule has 7 heteroatoms. The Morgan fingerprint density at radius 1 is 1.29 bits per heavy atom. The summed E-state index contributed by atoms with van der Waals surface area (Å²) in [6.45, 7) is 7.53. The van der Waals surface area contributed by atoms with Crippen molar-refractivity contribution in [1.29, 1.82) is 0 Å². The van der Waals surface area contributed by atoms with Crippen molar-refractivity contribution >= 4 is 24.2 Å². The first-order valence-electron chi connectivity index (χ1n) is 10.1. The van der Waals surface area contributed by atoms with Gasteiger partial charge in [-0.3, -0.25) is 9.59 Å². The molecule has 2 atom stereocenters. The van der Waals surface area contributed by atoms with Crippen molar-refractivity contribution in [1.82, 2.24) is 15.5 Å². The van der Waals surface area contributed by atoms with Crippen molar-refractivity contribution in [2.45, 2.75) is 45.6 Å². The van der Waals surface area contributed by atoms with Gasteiger partial charge in [0, 0.05) is 25.2 Å². The number of hydrogen-bond acceptors (Lipinski definition) is 4. The molecule has 2 aliphatic rings. The Kier molecular flexibility index (Phi) is 8.58. The minimum atomic E-state index is -0.0455. The molecule has 1 aromatic carbocycles. The van der Waals surface area contributed by atoms with E-state index >= 15 is 0 Å². The second-order valence-electron chi connectivity index (χ2n) is 7.57. The Labute approximate surface area is 173 Å². The average molecular weight is 410 g/mol. The maximum absolute atomic E-state index is 12.9. The fraction of sp³-hybridized carbons (Fsp3) is 0.619. The Morgan fingerprint density at radius 3 is 2.82 bits per heavy atom. The number of carbonyl (C=O) groups is 2. The number of ether oxygens (including phenoxy) is 1. The summed E-state index contributed by atoms with van der Waals surface area (Å²) < 4.78 is 5.63. The van der Waals surface area contributed by atoms with Crippen LogP contribution in [0.2, 0.25) is 0 Å². The van der Waals surface area contributed by atoms with Gasteiger partial charge in [0.1, 0.15) is 5.75 Å². The predicted octanol–water partition coefficient (Wildman–Crippen LogP) is 2.54. The lowest BCUT2D eigenvalue weighted by Crippen LogP contribution is -2.46. The number of halogens is 1. The van der Waals surface area contributed by atoms with E-state index in [-0.39, 0.29) is 30.3 Å². The number of nitrogens with one attached hydrogen (secondary N) is 2. The van der Waals surface area contributed by atoms with Gasteiger partial charge in [0.05, 0.1) is 12.6 Å². The number of amides is 2. The Bertz CT molecular complexity index is 677. The molecule has 0 aliphatic carbocycles. The maximum Gasteiger partial charge on any atom is 0.253 e. The van der Waals surface area contributed by atoms with Crippen molar-refractivity contribution in [3.05, 3.63) is 29.3 Å². The minimum Gasteiger partial charge on any atom is -0.494 e. The highest BCUT2D eigenvalue weighted by atomic mass is 35.5. The summed E-state index contributed by atoms with van der Waals surface area (Å²) in [5.74, 6) is 1.22. The molecule has 0 bridgehead atoms. The van der Waals surface area contributed by atoms with E-state index in [0.29, 0.717) is 31.2 Å². The SMILES string of the molecule is CCOc1cc(C(=O)N2CCCC(CNC(=O)C3CCCN3)C2)ccc1C.Cl. The molecular formula is C21H32ClN3O3. The normalized spacial score (nSPS) is 21.7. The Morgan fingerprint density at radius 2 is 2.11 bits per heavy atom. The molecule has 0 spiro atoms. The average Bonchev–Trinajstić information content (AvgIpc) is 3.22. The second-order valence-corrected chi connectivity index (χ2v) is 7.57. The van der Waals surface area contributed by atoms with Crippen LogP contribution >= 0.6 is 12.4 Å². The molecule has 0 aromatic heterocycles. The molecule has 0 radical (unpaired) electrons. The van der Waals surface area contributed by atoms with Crippen molar-refractivity contribution < 1.29 is 14.3 Å². The zero-order chi connectivity index (χ0) is 19.2. The molecule has 2 saturated heterocycles. The van der Waals surface area contributed by atoms with Gasteiger partial charge in [-0.2, -0.15) is 0 Å². The van der Waals surface area contributed by atoms with Crippen LogP contribution in [0.4, 0.5) is 0 Å². The summed E-state index contributed by atoms with van der Waals surface area (Å²) in [6, 6.07) is 5.61. The highest BCUT2D eigenvalue weighted by molar-refractivity contribution is 5.94. The van der Waals surface area contributed by atoms with Gasteiger partial charge in [0.2, 0.25) is 5.91 Å². The lowest BCUT2D eigenvalue weighted by atomic mass is 9.97. The molecule has 2 fully saturated rings. The summed E-state index contributed by atoms with van der Waals surface area (Å²) in [5, 5.41) is 6.29. The number of carbonyl (C=O) groups excluding carboxylic acids is 2. The van der Waals surface area contributed by atoms with Crippen LogP contribution in [0, 0.1) is 12.8 Å². The van der Waals surface area contributed by atoms with Crippen LogP contribution in [0.1, 0.15) is 48.5 Å². The second kappa shape index (κ2) is 10.7. The largest absolute Gasteiger partial charge is 0.494 e. The first kappa shape index (κ1) is 22.5. The summed E-state index contributed by atoms with van der Waals surface area (Å²) in [6.07, 6.45) is 3.99. The third kappa shape index (κ3) is 5.61. The fourth-order valence-corrected chi connectivity index (χ4v) is 3.92. The number of nitrogens with zero attached hydrogens (tertiary/aromatic N) is 1. The van der Waals surface area contributed by atoms with Crippen molar-refractivity contribution in [2.75, 3.05) is 32.8 Å².